The van der Waals surface area contributed by atoms with Crippen molar-refractivity contribution in [2.45, 2.75) is 12.3 Å². The van der Waals surface area contributed by atoms with Crippen LogP contribution in [0.2, 0.25) is 0 Å². The van der Waals surface area contributed by atoms with Gasteiger partial charge in [-0.2, -0.15) is 5.10 Å². The zero-order valence-corrected chi connectivity index (χ0v) is 11.7. The molecule has 10 heteroatoms. The van der Waals surface area contributed by atoms with Gasteiger partial charge in [-0.1, -0.05) is 18.2 Å². The van der Waals surface area contributed by atoms with E-state index in [0.717, 1.165) is 4.90 Å². The van der Waals surface area contributed by atoms with E-state index in [1.165, 1.54) is 24.4 Å². The molecule has 0 radical (unpaired) electrons. The summed E-state index contributed by atoms with van der Waals surface area (Å²) in [6, 6.07) is 5.04. The fourth-order valence-electron chi connectivity index (χ4n) is 2.31. The number of nitrogens with zero attached hydrogens (tertiary/aromatic N) is 2. The molecule has 3 rings (SSSR count). The van der Waals surface area contributed by atoms with Crippen LogP contribution < -0.4 is 21.4 Å². The van der Waals surface area contributed by atoms with Gasteiger partial charge in [0.25, 0.3) is 5.91 Å². The number of nitrogens with one attached hydrogen (secondary N) is 4. The Morgan fingerprint density at radius 3 is 2.87 bits per heavy atom. The number of halogens is 1. The van der Waals surface area contributed by atoms with E-state index < -0.39 is 36.1 Å². The number of amides is 5. The Kier molecular flexibility index (Phi) is 3.79. The number of urea groups is 2. The van der Waals surface area contributed by atoms with Crippen LogP contribution in [0.25, 0.3) is 0 Å². The third-order valence-electron chi connectivity index (χ3n) is 3.37. The molecule has 1 aromatic rings. The Bertz CT molecular complexity index is 694. The van der Waals surface area contributed by atoms with E-state index in [1.54, 1.807) is 6.07 Å². The Morgan fingerprint density at radius 1 is 1.30 bits per heavy atom. The van der Waals surface area contributed by atoms with Crippen molar-refractivity contribution < 1.29 is 18.8 Å². The number of hydrogen-bond donors (Lipinski definition) is 4. The van der Waals surface area contributed by atoms with Crippen molar-refractivity contribution in [2.75, 3.05) is 6.54 Å². The molecular formula is C13H13FN6O3. The molecule has 1 aromatic carbocycles. The molecule has 23 heavy (non-hydrogen) atoms. The van der Waals surface area contributed by atoms with Crippen LogP contribution in [0.15, 0.2) is 29.4 Å². The fourth-order valence-corrected chi connectivity index (χ4v) is 2.31. The van der Waals surface area contributed by atoms with Crippen LogP contribution >= 0.6 is 0 Å². The highest BCUT2D eigenvalue weighted by Crippen LogP contribution is 2.13. The molecule has 0 bridgehead atoms. The fraction of sp³-hybridized carbons (Fsp3) is 0.231. The first kappa shape index (κ1) is 14.8. The van der Waals surface area contributed by atoms with Crippen molar-refractivity contribution in [3.63, 3.8) is 0 Å². The molecule has 9 nitrogen and oxygen atoms in total. The molecule has 2 aliphatic rings. The van der Waals surface area contributed by atoms with Crippen LogP contribution in [0.5, 0.6) is 0 Å². The van der Waals surface area contributed by atoms with Gasteiger partial charge < -0.3 is 16.0 Å². The van der Waals surface area contributed by atoms with Crippen molar-refractivity contribution in [1.82, 2.24) is 26.3 Å². The van der Waals surface area contributed by atoms with Gasteiger partial charge >= 0.3 is 12.1 Å². The molecule has 2 saturated heterocycles. The zero-order valence-electron chi connectivity index (χ0n) is 11.7. The lowest BCUT2D eigenvalue weighted by molar-refractivity contribution is -0.121. The summed E-state index contributed by atoms with van der Waals surface area (Å²) in [5, 5.41) is 11.2. The first-order chi connectivity index (χ1) is 11.0. The van der Waals surface area contributed by atoms with Gasteiger partial charge in [0, 0.05) is 5.56 Å². The van der Waals surface area contributed by atoms with Gasteiger partial charge in [-0.15, -0.1) is 0 Å². The van der Waals surface area contributed by atoms with Crippen LogP contribution in [0.3, 0.4) is 0 Å². The summed E-state index contributed by atoms with van der Waals surface area (Å²) in [5.41, 5.74) is 2.43. The number of hydrogen-bond acceptors (Lipinski definition) is 4. The van der Waals surface area contributed by atoms with E-state index in [-0.39, 0.29) is 12.1 Å². The molecular weight excluding hydrogens is 307 g/mol. The minimum atomic E-state index is -0.642. The van der Waals surface area contributed by atoms with Crippen LogP contribution in [-0.2, 0) is 4.79 Å². The molecule has 2 atom stereocenters. The normalized spacial score (nSPS) is 22.6. The average Bonchev–Trinajstić information content (AvgIpc) is 2.98. The Balaban J connectivity index is 1.56. The van der Waals surface area contributed by atoms with Crippen LogP contribution in [0, 0.1) is 5.82 Å². The quantitative estimate of drug-likeness (QED) is 0.433. The van der Waals surface area contributed by atoms with E-state index >= 15 is 0 Å². The summed E-state index contributed by atoms with van der Waals surface area (Å²) >= 11 is 0. The van der Waals surface area contributed by atoms with Crippen molar-refractivity contribution >= 4 is 24.2 Å². The molecule has 0 aromatic heterocycles. The van der Waals surface area contributed by atoms with E-state index in [2.05, 4.69) is 26.5 Å². The molecule has 2 aliphatic heterocycles. The van der Waals surface area contributed by atoms with Crippen LogP contribution in [0.1, 0.15) is 5.56 Å². The Labute approximate surface area is 129 Å². The SMILES string of the molecule is O=C(CN1C(=O)N[C@@H]2NC(=O)N[C@H]21)N/N=C\c1ccccc1F. The van der Waals surface area contributed by atoms with Gasteiger partial charge in [0.15, 0.2) is 0 Å². The number of carbonyl (C=O) groups is 3. The van der Waals surface area contributed by atoms with E-state index in [4.69, 9.17) is 0 Å². The van der Waals surface area contributed by atoms with Crippen LogP contribution in [0.4, 0.5) is 14.0 Å². The first-order valence-electron chi connectivity index (χ1n) is 6.75. The summed E-state index contributed by atoms with van der Waals surface area (Å²) in [7, 11) is 0. The van der Waals surface area contributed by atoms with Gasteiger partial charge in [-0.3, -0.25) is 9.69 Å². The van der Waals surface area contributed by atoms with Gasteiger partial charge in [-0.25, -0.2) is 19.4 Å². The lowest BCUT2D eigenvalue weighted by Gasteiger charge is -2.19. The molecule has 120 valence electrons. The molecule has 2 heterocycles. The summed E-state index contributed by atoms with van der Waals surface area (Å²) < 4.78 is 13.4. The maximum absolute atomic E-state index is 13.4. The second-order valence-electron chi connectivity index (χ2n) is 4.93. The molecule has 4 N–H and O–H groups in total. The highest BCUT2D eigenvalue weighted by Gasteiger charge is 2.45. The number of fused-ring (bicyclic) bond motifs is 1. The lowest BCUT2D eigenvalue weighted by atomic mass is 10.2. The molecule has 0 unspecified atom stereocenters. The van der Waals surface area contributed by atoms with Crippen LogP contribution in [-0.4, -0.2) is 48.0 Å². The van der Waals surface area contributed by atoms with E-state index in [1.807, 2.05) is 0 Å². The van der Waals surface area contributed by atoms with Crippen molar-refractivity contribution in [2.24, 2.45) is 5.10 Å². The largest absolute Gasteiger partial charge is 0.321 e. The molecule has 0 spiro atoms. The molecule has 5 amide bonds. The Morgan fingerprint density at radius 2 is 2.09 bits per heavy atom. The maximum atomic E-state index is 13.4. The lowest BCUT2D eigenvalue weighted by Crippen LogP contribution is -2.47. The smallest absolute Gasteiger partial charge is 0.314 e. The van der Waals surface area contributed by atoms with Crippen molar-refractivity contribution in [3.05, 3.63) is 35.6 Å². The third-order valence-corrected chi connectivity index (χ3v) is 3.37. The van der Waals surface area contributed by atoms with Gasteiger partial charge in [0.1, 0.15) is 24.7 Å². The van der Waals surface area contributed by atoms with Crippen molar-refractivity contribution in [3.8, 4) is 0 Å². The summed E-state index contributed by atoms with van der Waals surface area (Å²) in [5.74, 6) is -1.04. The van der Waals surface area contributed by atoms with Gasteiger partial charge in [0.2, 0.25) is 0 Å². The highest BCUT2D eigenvalue weighted by molar-refractivity contribution is 5.89. The number of carbonyl (C=O) groups excluding carboxylic acids is 3. The van der Waals surface area contributed by atoms with Gasteiger partial charge in [-0.05, 0) is 6.07 Å². The predicted octanol–water partition coefficient (Wildman–Crippen LogP) is -0.734. The number of benzene rings is 1. The topological polar surface area (TPSA) is 115 Å². The third kappa shape index (κ3) is 3.05. The minimum Gasteiger partial charge on any atom is -0.314 e. The standard InChI is InChI=1S/C13H13FN6O3/c14-8-4-2-1-3-7(8)5-15-19-9(21)6-20-11-10(17-13(20)23)16-12(22)18-11/h1-5,10-11H,6H2,(H,17,23)(H,19,21)(H2,16,18,22)/b15-5-/t10-,11-/m0/s1. The van der Waals surface area contributed by atoms with Crippen molar-refractivity contribution in [1.29, 1.82) is 0 Å². The average molecular weight is 320 g/mol. The number of rotatable bonds is 4. The van der Waals surface area contributed by atoms with E-state index in [0.29, 0.717) is 0 Å². The molecule has 0 saturated carbocycles. The summed E-state index contributed by atoms with van der Waals surface area (Å²) in [6.07, 6.45) is -0.0556. The van der Waals surface area contributed by atoms with Gasteiger partial charge in [0.05, 0.1) is 6.21 Å². The maximum Gasteiger partial charge on any atom is 0.321 e. The summed E-state index contributed by atoms with van der Waals surface area (Å²) in [4.78, 5) is 35.9. The second-order valence-corrected chi connectivity index (χ2v) is 4.93. The molecule has 2 fully saturated rings. The highest BCUT2D eigenvalue weighted by atomic mass is 19.1. The Hall–Kier alpha value is -3.17. The van der Waals surface area contributed by atoms with E-state index in [9.17, 15) is 18.8 Å². The minimum absolute atomic E-state index is 0.221. The zero-order chi connectivity index (χ0) is 16.4. The molecule has 0 aliphatic carbocycles. The summed E-state index contributed by atoms with van der Waals surface area (Å²) in [6.45, 7) is -0.302. The second kappa shape index (κ2) is 5.91. The monoisotopic (exact) mass is 320 g/mol. The number of hydrazone groups is 1. The first-order valence-corrected chi connectivity index (χ1v) is 6.75. The predicted molar refractivity (Wildman–Crippen MR) is 76.6 cm³/mol.